The fraction of sp³-hybridized carbons (Fsp3) is 0.583. The fourth-order valence-electron chi connectivity index (χ4n) is 2.43. The van der Waals surface area contributed by atoms with Gasteiger partial charge in [-0.05, 0) is 36.8 Å². The first kappa shape index (κ1) is 10.3. The van der Waals surface area contributed by atoms with Crippen molar-refractivity contribution in [2.24, 2.45) is 5.41 Å². The van der Waals surface area contributed by atoms with Crippen molar-refractivity contribution < 1.29 is 14.3 Å². The minimum absolute atomic E-state index is 0.219. The van der Waals surface area contributed by atoms with E-state index in [-0.39, 0.29) is 5.41 Å². The van der Waals surface area contributed by atoms with Crippen LogP contribution in [0.4, 0.5) is 0 Å². The van der Waals surface area contributed by atoms with Gasteiger partial charge in [-0.25, -0.2) is 0 Å². The lowest BCUT2D eigenvalue weighted by Gasteiger charge is -2.34. The lowest BCUT2D eigenvalue weighted by atomic mass is 9.69. The lowest BCUT2D eigenvalue weighted by molar-refractivity contribution is -0.142. The van der Waals surface area contributed by atoms with Crippen molar-refractivity contribution in [3.05, 3.63) is 23.2 Å². The fourth-order valence-corrected chi connectivity index (χ4v) is 2.43. The Kier molecular flexibility index (Phi) is 2.14. The molecule has 0 radical (unpaired) electrons. The molecule has 1 aromatic rings. The summed E-state index contributed by atoms with van der Waals surface area (Å²) in [6.07, 6.45) is 1.82. The second-order valence-electron chi connectivity index (χ2n) is 5.01. The van der Waals surface area contributed by atoms with Gasteiger partial charge in [0, 0.05) is 0 Å². The van der Waals surface area contributed by atoms with Crippen molar-refractivity contribution in [3.8, 4) is 0 Å². The molecule has 1 heterocycles. The first-order valence-corrected chi connectivity index (χ1v) is 5.24. The Hall–Kier alpha value is -1.25. The van der Waals surface area contributed by atoms with Crippen LogP contribution in [0.25, 0.3) is 0 Å². The molecule has 0 saturated heterocycles. The average Bonchev–Trinajstić information content (AvgIpc) is 2.42. The van der Waals surface area contributed by atoms with Crippen LogP contribution in [-0.2, 0) is 11.2 Å². The van der Waals surface area contributed by atoms with Crippen LogP contribution in [0, 0.1) is 12.3 Å². The number of carboxylic acids is 1. The van der Waals surface area contributed by atoms with Crippen LogP contribution >= 0.6 is 0 Å². The van der Waals surface area contributed by atoms with Gasteiger partial charge in [-0.3, -0.25) is 4.79 Å². The third kappa shape index (κ3) is 1.56. The number of aliphatic carboxylic acids is 1. The van der Waals surface area contributed by atoms with E-state index in [1.807, 2.05) is 26.8 Å². The summed E-state index contributed by atoms with van der Waals surface area (Å²) in [6, 6.07) is 1.96. The smallest absolute Gasteiger partial charge is 0.314 e. The molecule has 1 aliphatic carbocycles. The molecule has 1 aromatic heterocycles. The van der Waals surface area contributed by atoms with E-state index in [2.05, 4.69) is 0 Å². The Bertz CT molecular complexity index is 401. The van der Waals surface area contributed by atoms with Gasteiger partial charge in [0.2, 0.25) is 0 Å². The average molecular weight is 208 g/mol. The third-order valence-electron chi connectivity index (χ3n) is 3.29. The Morgan fingerprint density at radius 3 is 2.87 bits per heavy atom. The van der Waals surface area contributed by atoms with Gasteiger partial charge in [0.05, 0.1) is 0 Å². The number of fused-ring (bicyclic) bond motifs is 1. The molecule has 0 saturated carbocycles. The van der Waals surface area contributed by atoms with E-state index >= 15 is 0 Å². The molecule has 0 fully saturated rings. The number of carboxylic acid groups (broad SMARTS) is 1. The van der Waals surface area contributed by atoms with Crippen molar-refractivity contribution in [2.45, 2.75) is 39.5 Å². The van der Waals surface area contributed by atoms with Crippen LogP contribution in [0.5, 0.6) is 0 Å². The molecule has 3 nitrogen and oxygen atoms in total. The maximum atomic E-state index is 11.3. The molecule has 1 aliphatic rings. The van der Waals surface area contributed by atoms with Crippen molar-refractivity contribution >= 4 is 5.97 Å². The highest BCUT2D eigenvalue weighted by Crippen LogP contribution is 2.46. The van der Waals surface area contributed by atoms with E-state index < -0.39 is 11.9 Å². The molecule has 0 bridgehead atoms. The molecule has 1 atom stereocenters. The molecule has 0 amide bonds. The van der Waals surface area contributed by atoms with Gasteiger partial charge in [-0.2, -0.15) is 0 Å². The molecular formula is C12H16O3. The predicted octanol–water partition coefficient (Wildman–Crippen LogP) is 2.73. The van der Waals surface area contributed by atoms with Gasteiger partial charge in [0.15, 0.2) is 0 Å². The molecule has 0 aliphatic heterocycles. The van der Waals surface area contributed by atoms with E-state index in [1.54, 1.807) is 0 Å². The second kappa shape index (κ2) is 3.12. The van der Waals surface area contributed by atoms with Gasteiger partial charge in [0.25, 0.3) is 0 Å². The summed E-state index contributed by atoms with van der Waals surface area (Å²) in [5.74, 6) is 0.186. The Morgan fingerprint density at radius 2 is 2.27 bits per heavy atom. The highest BCUT2D eigenvalue weighted by Gasteiger charge is 2.43. The largest absolute Gasteiger partial charge is 0.481 e. The molecule has 0 spiro atoms. The lowest BCUT2D eigenvalue weighted by Crippen LogP contribution is -2.33. The normalized spacial score (nSPS) is 23.5. The van der Waals surface area contributed by atoms with E-state index in [0.29, 0.717) is 5.76 Å². The molecule has 1 N–H and O–H groups in total. The zero-order chi connectivity index (χ0) is 11.2. The van der Waals surface area contributed by atoms with Gasteiger partial charge in [-0.1, -0.05) is 13.8 Å². The summed E-state index contributed by atoms with van der Waals surface area (Å²) < 4.78 is 5.53. The molecular weight excluding hydrogens is 192 g/mol. The number of carbonyl (C=O) groups is 1. The van der Waals surface area contributed by atoms with Crippen LogP contribution in [-0.4, -0.2) is 11.1 Å². The number of rotatable bonds is 1. The van der Waals surface area contributed by atoms with E-state index in [4.69, 9.17) is 4.42 Å². The van der Waals surface area contributed by atoms with Gasteiger partial charge < -0.3 is 9.52 Å². The molecule has 3 heteroatoms. The van der Waals surface area contributed by atoms with Crippen LogP contribution in [0.15, 0.2) is 10.5 Å². The van der Waals surface area contributed by atoms with Crippen molar-refractivity contribution in [1.29, 1.82) is 0 Å². The number of furan rings is 1. The minimum atomic E-state index is -0.782. The highest BCUT2D eigenvalue weighted by atomic mass is 16.4. The van der Waals surface area contributed by atoms with Crippen molar-refractivity contribution in [3.63, 3.8) is 0 Å². The highest BCUT2D eigenvalue weighted by molar-refractivity contribution is 5.77. The first-order chi connectivity index (χ1) is 6.92. The third-order valence-corrected chi connectivity index (χ3v) is 3.29. The Balaban J connectivity index is 2.52. The van der Waals surface area contributed by atoms with E-state index in [0.717, 1.165) is 24.2 Å². The summed E-state index contributed by atoms with van der Waals surface area (Å²) >= 11 is 0. The first-order valence-electron chi connectivity index (χ1n) is 5.24. The van der Waals surface area contributed by atoms with E-state index in [9.17, 15) is 9.90 Å². The molecule has 82 valence electrons. The Morgan fingerprint density at radius 1 is 1.60 bits per heavy atom. The van der Waals surface area contributed by atoms with Crippen LogP contribution in [0.2, 0.25) is 0 Å². The SMILES string of the molecule is Cc1cc2c(o1)C(C(=O)O)C(C)(C)CC2. The van der Waals surface area contributed by atoms with Gasteiger partial charge >= 0.3 is 5.97 Å². The number of aryl methyl sites for hydroxylation is 2. The quantitative estimate of drug-likeness (QED) is 0.772. The van der Waals surface area contributed by atoms with Crippen molar-refractivity contribution in [1.82, 2.24) is 0 Å². The van der Waals surface area contributed by atoms with Crippen LogP contribution in [0.3, 0.4) is 0 Å². The summed E-state index contributed by atoms with van der Waals surface area (Å²) in [4.78, 5) is 11.3. The second-order valence-corrected chi connectivity index (χ2v) is 5.01. The van der Waals surface area contributed by atoms with Crippen LogP contribution < -0.4 is 0 Å². The predicted molar refractivity (Wildman–Crippen MR) is 55.9 cm³/mol. The zero-order valence-corrected chi connectivity index (χ0v) is 9.33. The zero-order valence-electron chi connectivity index (χ0n) is 9.33. The Labute approximate surface area is 89.1 Å². The molecule has 1 unspecified atom stereocenters. The van der Waals surface area contributed by atoms with E-state index in [1.165, 1.54) is 0 Å². The topological polar surface area (TPSA) is 50.4 Å². The molecule has 2 rings (SSSR count). The minimum Gasteiger partial charge on any atom is -0.481 e. The van der Waals surface area contributed by atoms with Gasteiger partial charge in [-0.15, -0.1) is 0 Å². The van der Waals surface area contributed by atoms with Crippen molar-refractivity contribution in [2.75, 3.05) is 0 Å². The summed E-state index contributed by atoms with van der Waals surface area (Å²) in [6.45, 7) is 5.85. The number of hydrogen-bond acceptors (Lipinski definition) is 2. The maximum Gasteiger partial charge on any atom is 0.314 e. The van der Waals surface area contributed by atoms with Gasteiger partial charge in [0.1, 0.15) is 17.4 Å². The van der Waals surface area contributed by atoms with Crippen LogP contribution in [0.1, 0.15) is 43.3 Å². The summed E-state index contributed by atoms with van der Waals surface area (Å²) in [5, 5.41) is 9.27. The maximum absolute atomic E-state index is 11.3. The molecule has 15 heavy (non-hydrogen) atoms. The standard InChI is InChI=1S/C12H16O3/c1-7-6-8-4-5-12(2,3)9(11(13)14)10(8)15-7/h6,9H,4-5H2,1-3H3,(H,13,14). The molecule has 0 aromatic carbocycles. The summed E-state index contributed by atoms with van der Waals surface area (Å²) in [5.41, 5.74) is 0.850. The number of hydrogen-bond donors (Lipinski definition) is 1. The monoisotopic (exact) mass is 208 g/mol. The summed E-state index contributed by atoms with van der Waals surface area (Å²) in [7, 11) is 0.